The fourth-order valence-corrected chi connectivity index (χ4v) is 6.01. The first kappa shape index (κ1) is 26.2. The molecular formula is C30H37N3O5. The number of amides is 2. The monoisotopic (exact) mass is 519 g/mol. The van der Waals surface area contributed by atoms with Crippen LogP contribution in [0.3, 0.4) is 0 Å². The third-order valence-corrected chi connectivity index (χ3v) is 7.89. The van der Waals surface area contributed by atoms with Gasteiger partial charge in [-0.05, 0) is 64.3 Å². The molecule has 3 aliphatic heterocycles. The van der Waals surface area contributed by atoms with Crippen molar-refractivity contribution >= 4 is 12.0 Å². The zero-order chi connectivity index (χ0) is 27.2. The Morgan fingerprint density at radius 3 is 2.45 bits per heavy atom. The molecule has 8 heteroatoms. The van der Waals surface area contributed by atoms with E-state index in [0.717, 1.165) is 26.1 Å². The topological polar surface area (TPSA) is 83.3 Å². The van der Waals surface area contributed by atoms with Crippen LogP contribution in [0.25, 0.3) is 0 Å². The molecule has 38 heavy (non-hydrogen) atoms. The molecule has 0 spiro atoms. The first-order valence-corrected chi connectivity index (χ1v) is 13.3. The third kappa shape index (κ3) is 5.14. The molecule has 4 heterocycles. The van der Waals surface area contributed by atoms with Crippen molar-refractivity contribution in [3.63, 3.8) is 0 Å². The maximum atomic E-state index is 13.2. The molecule has 0 N–H and O–H groups in total. The number of ether oxygens (including phenoxy) is 1. The molecule has 2 amide bonds. The van der Waals surface area contributed by atoms with Crippen molar-refractivity contribution < 1.29 is 18.7 Å². The van der Waals surface area contributed by atoms with Gasteiger partial charge in [-0.1, -0.05) is 30.3 Å². The fraction of sp³-hybridized carbons (Fsp3) is 0.500. The number of carbonyl (C=O) groups is 2. The lowest BCUT2D eigenvalue weighted by molar-refractivity contribution is -0.0133. The highest BCUT2D eigenvalue weighted by molar-refractivity contribution is 5.97. The minimum absolute atomic E-state index is 0.0848. The molecule has 202 valence electrons. The molecule has 8 nitrogen and oxygen atoms in total. The van der Waals surface area contributed by atoms with Crippen LogP contribution in [0.5, 0.6) is 0 Å². The predicted molar refractivity (Wildman–Crippen MR) is 144 cm³/mol. The molecule has 0 radical (unpaired) electrons. The number of benzene rings is 1. The van der Waals surface area contributed by atoms with E-state index in [2.05, 4.69) is 29.2 Å². The summed E-state index contributed by atoms with van der Waals surface area (Å²) in [4.78, 5) is 43.5. The molecule has 1 aromatic heterocycles. The quantitative estimate of drug-likeness (QED) is 0.591. The molecule has 1 unspecified atom stereocenters. The highest BCUT2D eigenvalue weighted by Gasteiger charge is 2.48. The summed E-state index contributed by atoms with van der Waals surface area (Å²) in [5.41, 5.74) is 2.62. The first-order chi connectivity index (χ1) is 17.9. The molecule has 3 aliphatic rings. The summed E-state index contributed by atoms with van der Waals surface area (Å²) < 4.78 is 10.8. The van der Waals surface area contributed by atoms with E-state index in [1.165, 1.54) is 17.2 Å². The highest BCUT2D eigenvalue weighted by Crippen LogP contribution is 2.40. The maximum Gasteiger partial charge on any atom is 0.410 e. The van der Waals surface area contributed by atoms with Crippen molar-refractivity contribution in [1.82, 2.24) is 14.7 Å². The van der Waals surface area contributed by atoms with Crippen LogP contribution in [0.1, 0.15) is 54.4 Å². The molecule has 0 aliphatic carbocycles. The zero-order valence-electron chi connectivity index (χ0n) is 23.0. The van der Waals surface area contributed by atoms with Crippen molar-refractivity contribution in [1.29, 1.82) is 0 Å². The van der Waals surface area contributed by atoms with Gasteiger partial charge in [-0.25, -0.2) is 9.59 Å². The van der Waals surface area contributed by atoms with Crippen molar-refractivity contribution in [2.24, 2.45) is 5.92 Å². The Labute approximate surface area is 223 Å². The van der Waals surface area contributed by atoms with Crippen LogP contribution in [0.4, 0.5) is 4.79 Å². The summed E-state index contributed by atoms with van der Waals surface area (Å²) in [7, 11) is 0. The lowest BCUT2D eigenvalue weighted by Gasteiger charge is -2.51. The van der Waals surface area contributed by atoms with E-state index in [1.54, 1.807) is 23.6 Å². The standard InChI is InChI=1S/C30H37N3O5/c1-20-13-25(34)37-21(2)26(20)27(35)32-16-22-14-31(15-23(22)17-32)12-11-30(24-9-7-6-8-10-24)18-33(19-30)28(36)38-29(3,4)5/h6-10,13,16,23H,11-12,14-15,17-19H2,1-5H3. The number of carbonyl (C=O) groups excluding carboxylic acids is 2. The minimum Gasteiger partial charge on any atom is -0.444 e. The summed E-state index contributed by atoms with van der Waals surface area (Å²) in [6.45, 7) is 13.7. The third-order valence-electron chi connectivity index (χ3n) is 7.89. The van der Waals surface area contributed by atoms with Crippen LogP contribution in [0.15, 0.2) is 57.4 Å². The molecule has 2 aromatic rings. The Morgan fingerprint density at radius 2 is 1.82 bits per heavy atom. The van der Waals surface area contributed by atoms with Gasteiger partial charge < -0.3 is 19.0 Å². The second-order valence-electron chi connectivity index (χ2n) is 12.0. The van der Waals surface area contributed by atoms with E-state index in [-0.39, 0.29) is 17.4 Å². The number of aryl methyl sites for hydroxylation is 2. The highest BCUT2D eigenvalue weighted by atomic mass is 16.6. The summed E-state index contributed by atoms with van der Waals surface area (Å²) in [6.07, 6.45) is 2.68. The number of nitrogens with zero attached hydrogens (tertiary/aromatic N) is 3. The number of rotatable bonds is 5. The maximum absolute atomic E-state index is 13.2. The molecule has 0 saturated carbocycles. The van der Waals surface area contributed by atoms with E-state index >= 15 is 0 Å². The summed E-state index contributed by atoms with van der Waals surface area (Å²) in [5.74, 6) is 0.559. The van der Waals surface area contributed by atoms with Gasteiger partial charge in [0, 0.05) is 56.3 Å². The SMILES string of the molecule is Cc1cc(=O)oc(C)c1C(=O)N1C=C2CN(CCC3(c4ccccc4)CN(C(=O)OC(C)(C)C)C3)CC2C1. The average molecular weight is 520 g/mol. The lowest BCUT2D eigenvalue weighted by Crippen LogP contribution is -2.62. The Bertz CT molecular complexity index is 1290. The van der Waals surface area contributed by atoms with Gasteiger partial charge in [0.2, 0.25) is 0 Å². The summed E-state index contributed by atoms with van der Waals surface area (Å²) in [5, 5.41) is 0. The van der Waals surface area contributed by atoms with E-state index in [1.807, 2.05) is 33.0 Å². The van der Waals surface area contributed by atoms with E-state index in [4.69, 9.17) is 9.15 Å². The predicted octanol–water partition coefficient (Wildman–Crippen LogP) is 4.11. The Balaban J connectivity index is 1.23. The van der Waals surface area contributed by atoms with Gasteiger partial charge >= 0.3 is 11.7 Å². The first-order valence-electron chi connectivity index (χ1n) is 13.3. The van der Waals surface area contributed by atoms with Crippen molar-refractivity contribution in [3.8, 4) is 0 Å². The van der Waals surface area contributed by atoms with Crippen LogP contribution < -0.4 is 5.63 Å². The number of hydrogen-bond acceptors (Lipinski definition) is 6. The average Bonchev–Trinajstić information content (AvgIpc) is 3.36. The van der Waals surface area contributed by atoms with Gasteiger partial charge in [0.05, 0.1) is 5.56 Å². The van der Waals surface area contributed by atoms with Crippen molar-refractivity contribution in [2.45, 2.75) is 52.1 Å². The lowest BCUT2D eigenvalue weighted by atomic mass is 9.71. The Morgan fingerprint density at radius 1 is 1.11 bits per heavy atom. The van der Waals surface area contributed by atoms with Gasteiger partial charge in [-0.3, -0.25) is 9.69 Å². The van der Waals surface area contributed by atoms with E-state index in [9.17, 15) is 14.4 Å². The van der Waals surface area contributed by atoms with Gasteiger partial charge in [0.25, 0.3) is 5.91 Å². The summed E-state index contributed by atoms with van der Waals surface area (Å²) >= 11 is 0. The number of hydrogen-bond donors (Lipinski definition) is 0. The molecule has 0 bridgehead atoms. The van der Waals surface area contributed by atoms with Crippen LogP contribution >= 0.6 is 0 Å². The molecule has 2 fully saturated rings. The van der Waals surface area contributed by atoms with Crippen LogP contribution in [0, 0.1) is 19.8 Å². The van der Waals surface area contributed by atoms with Crippen molar-refractivity contribution in [3.05, 3.63) is 81.0 Å². The Hall–Kier alpha value is -3.39. The Kier molecular flexibility index (Phi) is 6.71. The van der Waals surface area contributed by atoms with E-state index in [0.29, 0.717) is 42.4 Å². The molecular weight excluding hydrogens is 482 g/mol. The number of likely N-dealkylation sites (tertiary alicyclic amines) is 2. The van der Waals surface area contributed by atoms with Gasteiger partial charge in [-0.2, -0.15) is 0 Å². The molecule has 5 rings (SSSR count). The zero-order valence-corrected chi connectivity index (χ0v) is 23.0. The summed E-state index contributed by atoms with van der Waals surface area (Å²) in [6, 6.07) is 11.8. The second kappa shape index (κ2) is 9.73. The normalized spacial score (nSPS) is 20.7. The number of fused-ring (bicyclic) bond motifs is 1. The fourth-order valence-electron chi connectivity index (χ4n) is 6.01. The second-order valence-corrected chi connectivity index (χ2v) is 12.0. The molecule has 1 atom stereocenters. The molecule has 2 saturated heterocycles. The van der Waals surface area contributed by atoms with Gasteiger partial charge in [0.15, 0.2) is 0 Å². The van der Waals surface area contributed by atoms with E-state index < -0.39 is 11.2 Å². The largest absolute Gasteiger partial charge is 0.444 e. The van der Waals surface area contributed by atoms with Crippen LogP contribution in [-0.4, -0.2) is 71.6 Å². The van der Waals surface area contributed by atoms with Gasteiger partial charge in [0.1, 0.15) is 11.4 Å². The molecule has 1 aromatic carbocycles. The van der Waals surface area contributed by atoms with Crippen LogP contribution in [0.2, 0.25) is 0 Å². The van der Waals surface area contributed by atoms with Crippen molar-refractivity contribution in [2.75, 3.05) is 39.3 Å². The smallest absolute Gasteiger partial charge is 0.410 e. The minimum atomic E-state index is -0.510. The van der Waals surface area contributed by atoms with Gasteiger partial charge in [-0.15, -0.1) is 0 Å². The van der Waals surface area contributed by atoms with Crippen LogP contribution in [-0.2, 0) is 10.2 Å².